The van der Waals surface area contributed by atoms with Gasteiger partial charge in [-0.3, -0.25) is 0 Å². The third kappa shape index (κ3) is 2.78. The van der Waals surface area contributed by atoms with Crippen molar-refractivity contribution in [2.24, 2.45) is 5.73 Å². The Bertz CT molecular complexity index is 604. The standard InChI is InChI=1S/C12H8F2N2OS/c13-8-1-2-10(9(14)6-8)17-11-5-7(12(15)18)3-4-16-11/h1-6H,(H2,15,18). The molecule has 1 aromatic carbocycles. The molecule has 6 heteroatoms. The first-order valence-electron chi connectivity index (χ1n) is 4.95. The highest BCUT2D eigenvalue weighted by molar-refractivity contribution is 7.80. The lowest BCUT2D eigenvalue weighted by Crippen LogP contribution is -2.09. The summed E-state index contributed by atoms with van der Waals surface area (Å²) in [5.74, 6) is -1.47. The van der Waals surface area contributed by atoms with E-state index in [0.29, 0.717) is 5.56 Å². The number of aromatic nitrogens is 1. The summed E-state index contributed by atoms with van der Waals surface area (Å²) in [6.07, 6.45) is 1.44. The molecule has 2 rings (SSSR count). The average molecular weight is 266 g/mol. The lowest BCUT2D eigenvalue weighted by Gasteiger charge is -2.06. The van der Waals surface area contributed by atoms with Crippen molar-refractivity contribution >= 4 is 17.2 Å². The summed E-state index contributed by atoms with van der Waals surface area (Å²) >= 11 is 4.80. The van der Waals surface area contributed by atoms with Crippen molar-refractivity contribution in [3.05, 3.63) is 53.7 Å². The van der Waals surface area contributed by atoms with E-state index < -0.39 is 11.6 Å². The van der Waals surface area contributed by atoms with Gasteiger partial charge in [-0.15, -0.1) is 0 Å². The van der Waals surface area contributed by atoms with Gasteiger partial charge in [-0.05, 0) is 18.2 Å². The first-order valence-corrected chi connectivity index (χ1v) is 5.36. The maximum absolute atomic E-state index is 13.4. The quantitative estimate of drug-likeness (QED) is 0.868. The summed E-state index contributed by atoms with van der Waals surface area (Å²) in [6, 6.07) is 6.09. The lowest BCUT2D eigenvalue weighted by molar-refractivity contribution is 0.423. The highest BCUT2D eigenvalue weighted by atomic mass is 32.1. The van der Waals surface area contributed by atoms with Gasteiger partial charge < -0.3 is 10.5 Å². The van der Waals surface area contributed by atoms with E-state index in [0.717, 1.165) is 12.1 Å². The molecule has 3 nitrogen and oxygen atoms in total. The molecule has 0 spiro atoms. The summed E-state index contributed by atoms with van der Waals surface area (Å²) in [5, 5.41) is 0. The molecule has 92 valence electrons. The zero-order valence-electron chi connectivity index (χ0n) is 9.06. The zero-order valence-corrected chi connectivity index (χ0v) is 9.88. The fourth-order valence-corrected chi connectivity index (χ4v) is 1.42. The molecule has 2 N–H and O–H groups in total. The van der Waals surface area contributed by atoms with Gasteiger partial charge >= 0.3 is 0 Å². The van der Waals surface area contributed by atoms with E-state index in [4.69, 9.17) is 22.7 Å². The van der Waals surface area contributed by atoms with Crippen LogP contribution in [0.25, 0.3) is 0 Å². The predicted molar refractivity (Wildman–Crippen MR) is 66.6 cm³/mol. The smallest absolute Gasteiger partial charge is 0.220 e. The fraction of sp³-hybridized carbons (Fsp3) is 0. The Morgan fingerprint density at radius 3 is 2.67 bits per heavy atom. The van der Waals surface area contributed by atoms with Crippen LogP contribution in [-0.4, -0.2) is 9.97 Å². The molecule has 0 amide bonds. The Labute approximate surface area is 107 Å². The molecule has 0 radical (unpaired) electrons. The van der Waals surface area contributed by atoms with Crippen LogP contribution >= 0.6 is 12.2 Å². The van der Waals surface area contributed by atoms with E-state index in [9.17, 15) is 8.78 Å². The van der Waals surface area contributed by atoms with Crippen LogP contribution in [0.1, 0.15) is 5.56 Å². The van der Waals surface area contributed by atoms with Gasteiger partial charge in [0, 0.05) is 23.9 Å². The van der Waals surface area contributed by atoms with Crippen molar-refractivity contribution in [3.8, 4) is 11.6 Å². The number of pyridine rings is 1. The SMILES string of the molecule is NC(=S)c1ccnc(Oc2ccc(F)cc2F)c1. The predicted octanol–water partition coefficient (Wildman–Crippen LogP) is 2.79. The van der Waals surface area contributed by atoms with Crippen LogP contribution in [0.5, 0.6) is 11.6 Å². The van der Waals surface area contributed by atoms with Crippen molar-refractivity contribution in [1.29, 1.82) is 0 Å². The second kappa shape index (κ2) is 5.05. The molecule has 0 aliphatic carbocycles. The normalized spacial score (nSPS) is 10.1. The first kappa shape index (κ1) is 12.4. The third-order valence-corrected chi connectivity index (χ3v) is 2.36. The summed E-state index contributed by atoms with van der Waals surface area (Å²) in [5.41, 5.74) is 6.00. The monoisotopic (exact) mass is 266 g/mol. The topological polar surface area (TPSA) is 48.1 Å². The van der Waals surface area contributed by atoms with E-state index in [1.807, 2.05) is 0 Å². The van der Waals surface area contributed by atoms with Gasteiger partial charge in [0.2, 0.25) is 5.88 Å². The number of nitrogens with two attached hydrogens (primary N) is 1. The van der Waals surface area contributed by atoms with Gasteiger partial charge in [0.05, 0.1) is 0 Å². The average Bonchev–Trinajstić information content (AvgIpc) is 2.33. The van der Waals surface area contributed by atoms with E-state index in [-0.39, 0.29) is 16.6 Å². The summed E-state index contributed by atoms with van der Waals surface area (Å²) in [6.45, 7) is 0. The molecule has 0 aliphatic rings. The van der Waals surface area contributed by atoms with Crippen LogP contribution in [0.3, 0.4) is 0 Å². The number of nitrogens with zero attached hydrogens (tertiary/aromatic N) is 1. The number of hydrogen-bond donors (Lipinski definition) is 1. The van der Waals surface area contributed by atoms with Crippen LogP contribution in [0.4, 0.5) is 8.78 Å². The molecule has 0 unspecified atom stereocenters. The Balaban J connectivity index is 2.28. The summed E-state index contributed by atoms with van der Waals surface area (Å²) in [7, 11) is 0. The minimum atomic E-state index is -0.808. The van der Waals surface area contributed by atoms with Crippen LogP contribution < -0.4 is 10.5 Å². The second-order valence-electron chi connectivity index (χ2n) is 3.42. The van der Waals surface area contributed by atoms with Crippen LogP contribution in [0, 0.1) is 11.6 Å². The molecule has 0 atom stereocenters. The molecule has 0 saturated carbocycles. The summed E-state index contributed by atoms with van der Waals surface area (Å²) in [4.78, 5) is 4.07. The lowest BCUT2D eigenvalue weighted by atomic mass is 10.2. The number of halogens is 2. The number of benzene rings is 1. The van der Waals surface area contributed by atoms with E-state index in [2.05, 4.69) is 4.98 Å². The van der Waals surface area contributed by atoms with Gasteiger partial charge in [-0.25, -0.2) is 13.8 Å². The minimum Gasteiger partial charge on any atom is -0.436 e. The molecule has 0 aliphatic heterocycles. The minimum absolute atomic E-state index is 0.121. The Morgan fingerprint density at radius 2 is 2.00 bits per heavy atom. The summed E-state index contributed by atoms with van der Waals surface area (Å²) < 4.78 is 31.3. The highest BCUT2D eigenvalue weighted by Gasteiger charge is 2.08. The van der Waals surface area contributed by atoms with E-state index in [1.165, 1.54) is 18.3 Å². The Hall–Kier alpha value is -2.08. The number of hydrogen-bond acceptors (Lipinski definition) is 3. The van der Waals surface area contributed by atoms with Crippen molar-refractivity contribution in [3.63, 3.8) is 0 Å². The Morgan fingerprint density at radius 1 is 1.22 bits per heavy atom. The first-order chi connectivity index (χ1) is 8.56. The zero-order chi connectivity index (χ0) is 13.1. The molecule has 2 aromatic rings. The molecular weight excluding hydrogens is 258 g/mol. The van der Waals surface area contributed by atoms with E-state index in [1.54, 1.807) is 6.07 Å². The number of rotatable bonds is 3. The largest absolute Gasteiger partial charge is 0.436 e. The molecule has 1 aromatic heterocycles. The Kier molecular flexibility index (Phi) is 3.47. The maximum atomic E-state index is 13.4. The maximum Gasteiger partial charge on any atom is 0.220 e. The second-order valence-corrected chi connectivity index (χ2v) is 3.86. The van der Waals surface area contributed by atoms with Crippen LogP contribution in [-0.2, 0) is 0 Å². The van der Waals surface area contributed by atoms with Crippen LogP contribution in [0.15, 0.2) is 36.5 Å². The molecule has 0 bridgehead atoms. The van der Waals surface area contributed by atoms with Gasteiger partial charge in [0.15, 0.2) is 11.6 Å². The van der Waals surface area contributed by atoms with Gasteiger partial charge in [0.1, 0.15) is 10.8 Å². The van der Waals surface area contributed by atoms with Crippen molar-refractivity contribution in [1.82, 2.24) is 4.98 Å². The molecular formula is C12H8F2N2OS. The van der Waals surface area contributed by atoms with Gasteiger partial charge in [-0.2, -0.15) is 0 Å². The fourth-order valence-electron chi connectivity index (χ4n) is 1.29. The number of ether oxygens (including phenoxy) is 1. The van der Waals surface area contributed by atoms with E-state index >= 15 is 0 Å². The number of thiocarbonyl (C=S) groups is 1. The third-order valence-electron chi connectivity index (χ3n) is 2.13. The molecule has 1 heterocycles. The molecule has 0 fully saturated rings. The van der Waals surface area contributed by atoms with Crippen molar-refractivity contribution in [2.75, 3.05) is 0 Å². The van der Waals surface area contributed by atoms with Crippen molar-refractivity contribution in [2.45, 2.75) is 0 Å². The van der Waals surface area contributed by atoms with Gasteiger partial charge in [-0.1, -0.05) is 12.2 Å². The van der Waals surface area contributed by atoms with Gasteiger partial charge in [0.25, 0.3) is 0 Å². The van der Waals surface area contributed by atoms with Crippen LogP contribution in [0.2, 0.25) is 0 Å². The van der Waals surface area contributed by atoms with Crippen molar-refractivity contribution < 1.29 is 13.5 Å². The molecule has 0 saturated heterocycles. The molecule has 18 heavy (non-hydrogen) atoms. The highest BCUT2D eigenvalue weighted by Crippen LogP contribution is 2.23.